The lowest BCUT2D eigenvalue weighted by Crippen LogP contribution is -2.22. The van der Waals surface area contributed by atoms with Crippen LogP contribution in [0.2, 0.25) is 0 Å². The number of carbonyl (C=O) groups excluding carboxylic acids is 3. The van der Waals surface area contributed by atoms with Crippen LogP contribution >= 0.6 is 0 Å². The van der Waals surface area contributed by atoms with Crippen molar-refractivity contribution >= 4 is 34.8 Å². The van der Waals surface area contributed by atoms with Gasteiger partial charge in [-0.3, -0.25) is 14.4 Å². The van der Waals surface area contributed by atoms with Crippen LogP contribution < -0.4 is 20.7 Å². The summed E-state index contributed by atoms with van der Waals surface area (Å²) in [6.07, 6.45) is 0. The number of benzene rings is 2. The monoisotopic (exact) mass is 425 g/mol. The molecule has 3 amide bonds. The molecule has 0 radical (unpaired) electrons. The molecule has 31 heavy (non-hydrogen) atoms. The van der Waals surface area contributed by atoms with Crippen molar-refractivity contribution in [2.75, 3.05) is 16.0 Å². The summed E-state index contributed by atoms with van der Waals surface area (Å²) in [4.78, 5) is 36.2. The Morgan fingerprint density at radius 3 is 1.58 bits per heavy atom. The highest BCUT2D eigenvalue weighted by atomic mass is 16.5. The van der Waals surface area contributed by atoms with E-state index in [1.54, 1.807) is 70.2 Å². The predicted molar refractivity (Wildman–Crippen MR) is 123 cm³/mol. The molecule has 0 heterocycles. The molecule has 0 aliphatic heterocycles. The Labute approximate surface area is 183 Å². The number of nitrogens with one attached hydrogen (secondary N) is 3. The molecule has 3 N–H and O–H groups in total. The minimum atomic E-state index is -0.216. The van der Waals surface area contributed by atoms with Gasteiger partial charge in [-0.2, -0.15) is 0 Å². The zero-order valence-corrected chi connectivity index (χ0v) is 18.9. The van der Waals surface area contributed by atoms with Gasteiger partial charge in [-0.05, 0) is 36.4 Å². The van der Waals surface area contributed by atoms with Crippen molar-refractivity contribution in [3.8, 4) is 11.5 Å². The fraction of sp³-hybridized carbons (Fsp3) is 0.375. The quantitative estimate of drug-likeness (QED) is 0.537. The number of anilines is 3. The van der Waals surface area contributed by atoms with Crippen molar-refractivity contribution in [3.63, 3.8) is 0 Å². The summed E-state index contributed by atoms with van der Waals surface area (Å²) in [5.74, 6) is 0.188. The van der Waals surface area contributed by atoms with Gasteiger partial charge < -0.3 is 20.7 Å². The maximum Gasteiger partial charge on any atom is 0.226 e. The van der Waals surface area contributed by atoms with E-state index in [1.807, 2.05) is 13.8 Å². The number of rotatable bonds is 8. The Kier molecular flexibility index (Phi) is 8.19. The minimum Gasteiger partial charge on any atom is -0.457 e. The van der Waals surface area contributed by atoms with E-state index in [4.69, 9.17) is 4.74 Å². The second-order valence-electron chi connectivity index (χ2n) is 8.27. The highest BCUT2D eigenvalue weighted by Gasteiger charge is 2.15. The van der Waals surface area contributed by atoms with Gasteiger partial charge in [0.2, 0.25) is 17.7 Å². The smallest absolute Gasteiger partial charge is 0.226 e. The highest BCUT2D eigenvalue weighted by molar-refractivity contribution is 6.00. The lowest BCUT2D eigenvalue weighted by Gasteiger charge is -2.16. The lowest BCUT2D eigenvalue weighted by molar-refractivity contribution is -0.119. The summed E-state index contributed by atoms with van der Waals surface area (Å²) < 4.78 is 5.90. The Hall–Kier alpha value is -3.35. The fourth-order valence-electron chi connectivity index (χ4n) is 2.38. The van der Waals surface area contributed by atoms with Gasteiger partial charge in [0.05, 0.1) is 11.4 Å². The van der Waals surface area contributed by atoms with Crippen molar-refractivity contribution in [3.05, 3.63) is 42.5 Å². The minimum absolute atomic E-state index is 0.0572. The Morgan fingerprint density at radius 2 is 1.06 bits per heavy atom. The number of carbonyl (C=O) groups is 3. The lowest BCUT2D eigenvalue weighted by atomic mass is 10.1. The molecule has 0 aliphatic rings. The van der Waals surface area contributed by atoms with Gasteiger partial charge >= 0.3 is 0 Å². The van der Waals surface area contributed by atoms with Crippen molar-refractivity contribution in [2.45, 2.75) is 41.5 Å². The van der Waals surface area contributed by atoms with E-state index in [9.17, 15) is 14.4 Å². The average Bonchev–Trinajstić information content (AvgIpc) is 2.70. The molecule has 0 spiro atoms. The second kappa shape index (κ2) is 10.6. The van der Waals surface area contributed by atoms with Crippen molar-refractivity contribution in [1.29, 1.82) is 0 Å². The molecule has 0 aromatic heterocycles. The molecule has 166 valence electrons. The maximum absolute atomic E-state index is 12.2. The molecule has 0 saturated heterocycles. The van der Waals surface area contributed by atoms with Crippen LogP contribution in [-0.2, 0) is 14.4 Å². The first-order valence-corrected chi connectivity index (χ1v) is 10.4. The number of hydrogen-bond acceptors (Lipinski definition) is 4. The van der Waals surface area contributed by atoms with Crippen LogP contribution in [0.15, 0.2) is 42.5 Å². The first-order chi connectivity index (χ1) is 14.6. The van der Waals surface area contributed by atoms with Crippen molar-refractivity contribution in [2.24, 2.45) is 17.8 Å². The molecule has 0 bridgehead atoms. The topological polar surface area (TPSA) is 96.5 Å². The van der Waals surface area contributed by atoms with Crippen LogP contribution in [0.25, 0.3) is 0 Å². The Bertz CT molecular complexity index is 934. The molecule has 0 atom stereocenters. The van der Waals surface area contributed by atoms with E-state index >= 15 is 0 Å². The van der Waals surface area contributed by atoms with Gasteiger partial charge in [-0.15, -0.1) is 0 Å². The summed E-state index contributed by atoms with van der Waals surface area (Å²) in [5.41, 5.74) is 1.65. The average molecular weight is 426 g/mol. The van der Waals surface area contributed by atoms with E-state index < -0.39 is 0 Å². The van der Waals surface area contributed by atoms with Crippen LogP contribution in [0.5, 0.6) is 11.5 Å². The van der Waals surface area contributed by atoms with Crippen LogP contribution in [0.1, 0.15) is 41.5 Å². The standard InChI is InChI=1S/C24H31N3O4/c1-14(2)22(28)25-17-7-9-18(10-8-17)31-19-11-12-20(26-23(29)15(3)4)21(13-19)27-24(30)16(5)6/h7-16H,1-6H3,(H,25,28)(H,26,29)(H,27,30). The normalized spacial score (nSPS) is 10.9. The zero-order valence-electron chi connectivity index (χ0n) is 18.9. The molecule has 0 unspecified atom stereocenters. The van der Waals surface area contributed by atoms with Crippen LogP contribution in [-0.4, -0.2) is 17.7 Å². The maximum atomic E-state index is 12.2. The van der Waals surface area contributed by atoms with E-state index in [0.29, 0.717) is 28.6 Å². The first kappa shape index (κ1) is 23.9. The molecule has 2 aromatic carbocycles. The fourth-order valence-corrected chi connectivity index (χ4v) is 2.38. The Balaban J connectivity index is 2.21. The third kappa shape index (κ3) is 7.13. The van der Waals surface area contributed by atoms with Gasteiger partial charge in [0.1, 0.15) is 11.5 Å². The first-order valence-electron chi connectivity index (χ1n) is 10.4. The van der Waals surface area contributed by atoms with Crippen molar-refractivity contribution < 1.29 is 19.1 Å². The third-order valence-corrected chi connectivity index (χ3v) is 4.44. The van der Waals surface area contributed by atoms with Crippen molar-refractivity contribution in [1.82, 2.24) is 0 Å². The summed E-state index contributed by atoms with van der Waals surface area (Å²) in [6.45, 7) is 10.8. The summed E-state index contributed by atoms with van der Waals surface area (Å²) >= 11 is 0. The molecule has 7 heteroatoms. The van der Waals surface area contributed by atoms with Gasteiger partial charge in [-0.1, -0.05) is 41.5 Å². The largest absolute Gasteiger partial charge is 0.457 e. The molecular formula is C24H31N3O4. The molecule has 2 aromatic rings. The highest BCUT2D eigenvalue weighted by Crippen LogP contribution is 2.31. The van der Waals surface area contributed by atoms with Crippen LogP contribution in [0.4, 0.5) is 17.1 Å². The van der Waals surface area contributed by atoms with Gasteiger partial charge in [0, 0.05) is 29.5 Å². The molecule has 0 saturated carbocycles. The summed E-state index contributed by atoms with van der Waals surface area (Å²) in [6, 6.07) is 12.1. The van der Waals surface area contributed by atoms with Gasteiger partial charge in [0.15, 0.2) is 0 Å². The molecule has 7 nitrogen and oxygen atoms in total. The van der Waals surface area contributed by atoms with Crippen LogP contribution in [0, 0.1) is 17.8 Å². The summed E-state index contributed by atoms with van der Waals surface area (Å²) in [7, 11) is 0. The van der Waals surface area contributed by atoms with Gasteiger partial charge in [0.25, 0.3) is 0 Å². The number of hydrogen-bond donors (Lipinski definition) is 3. The number of ether oxygens (including phenoxy) is 1. The molecular weight excluding hydrogens is 394 g/mol. The third-order valence-electron chi connectivity index (χ3n) is 4.44. The number of amides is 3. The van der Waals surface area contributed by atoms with E-state index in [0.717, 1.165) is 0 Å². The molecule has 0 aliphatic carbocycles. The SMILES string of the molecule is CC(C)C(=O)Nc1ccc(Oc2ccc(NC(=O)C(C)C)c(NC(=O)C(C)C)c2)cc1. The molecule has 2 rings (SSSR count). The second-order valence-corrected chi connectivity index (χ2v) is 8.27. The summed E-state index contributed by atoms with van der Waals surface area (Å²) in [5, 5.41) is 8.50. The van der Waals surface area contributed by atoms with E-state index in [1.165, 1.54) is 0 Å². The van der Waals surface area contributed by atoms with Gasteiger partial charge in [-0.25, -0.2) is 0 Å². The van der Waals surface area contributed by atoms with Crippen LogP contribution in [0.3, 0.4) is 0 Å². The predicted octanol–water partition coefficient (Wildman–Crippen LogP) is 5.26. The zero-order chi connectivity index (χ0) is 23.1. The Morgan fingerprint density at radius 1 is 0.613 bits per heavy atom. The van der Waals surface area contributed by atoms with E-state index in [-0.39, 0.29) is 35.5 Å². The molecule has 0 fully saturated rings. The van der Waals surface area contributed by atoms with E-state index in [2.05, 4.69) is 16.0 Å².